The normalized spacial score (nSPS) is 10.3. The number of carbonyl (C=O) groups excluding carboxylic acids is 2. The van der Waals surface area contributed by atoms with Crippen molar-refractivity contribution in [3.63, 3.8) is 0 Å². The van der Waals surface area contributed by atoms with Crippen molar-refractivity contribution in [3.05, 3.63) is 94.5 Å². The molecule has 0 aliphatic carbocycles. The topological polar surface area (TPSA) is 160 Å². The average Bonchev–Trinajstić information content (AvgIpc) is 3.31. The minimum atomic E-state index is -1.07. The lowest BCUT2D eigenvalue weighted by molar-refractivity contribution is -0.135. The van der Waals surface area contributed by atoms with Crippen molar-refractivity contribution in [2.45, 2.75) is 13.2 Å². The van der Waals surface area contributed by atoms with Gasteiger partial charge in [-0.05, 0) is 47.5 Å². The fourth-order valence-electron chi connectivity index (χ4n) is 3.18. The number of thiazole rings is 1. The molecular formula is C25H24N4O5S. The minimum absolute atomic E-state index is 0.0284. The van der Waals surface area contributed by atoms with Crippen molar-refractivity contribution in [2.24, 2.45) is 11.5 Å². The number of carboxylic acids is 1. The van der Waals surface area contributed by atoms with E-state index in [2.05, 4.69) is 4.98 Å². The van der Waals surface area contributed by atoms with Gasteiger partial charge in [0.05, 0.1) is 16.8 Å². The molecule has 1 aromatic heterocycles. The fourth-order valence-corrected chi connectivity index (χ4v) is 3.98. The minimum Gasteiger partial charge on any atom is -0.480 e. The molecule has 4 rings (SSSR count). The van der Waals surface area contributed by atoms with E-state index >= 15 is 0 Å². The first-order valence-electron chi connectivity index (χ1n) is 10.5. The summed E-state index contributed by atoms with van der Waals surface area (Å²) in [4.78, 5) is 39.7. The lowest BCUT2D eigenvalue weighted by atomic mass is 10.1. The van der Waals surface area contributed by atoms with Crippen molar-refractivity contribution in [2.75, 3.05) is 11.4 Å². The molecule has 0 fully saturated rings. The summed E-state index contributed by atoms with van der Waals surface area (Å²) in [7, 11) is 0. The molecule has 1 heterocycles. The van der Waals surface area contributed by atoms with Crippen molar-refractivity contribution in [3.8, 4) is 0 Å². The van der Waals surface area contributed by atoms with Crippen LogP contribution in [0.3, 0.4) is 0 Å². The molecule has 2 amide bonds. The summed E-state index contributed by atoms with van der Waals surface area (Å²) in [6.07, 6.45) is 0. The van der Waals surface area contributed by atoms with Gasteiger partial charge in [0.1, 0.15) is 6.54 Å². The molecule has 0 spiro atoms. The molecule has 0 aliphatic heterocycles. The molecule has 3 aromatic carbocycles. The second-order valence-corrected chi connectivity index (χ2v) is 8.40. The van der Waals surface area contributed by atoms with Crippen molar-refractivity contribution >= 4 is 45.0 Å². The summed E-state index contributed by atoms with van der Waals surface area (Å²) in [6, 6.07) is 21.0. The Morgan fingerprint density at radius 2 is 1.69 bits per heavy atom. The standard InChI is InChI=1S/C16H16N2O3.C9H8N2O2S/c17-10-12-5-4-8-14(9-12)18(11-15(19)20)16(21)13-6-2-1-3-7-13;10-8(13)9-11-6-3-5(4-12)1-2-7(6)14-9/h1-9H,10-11,17H2,(H,19,20);1-3,12H,4H2,(H2,10,13). The second kappa shape index (κ2) is 11.8. The fraction of sp³-hybridized carbons (Fsp3) is 0.120. The van der Waals surface area contributed by atoms with E-state index in [-0.39, 0.29) is 12.5 Å². The molecule has 0 unspecified atom stereocenters. The lowest BCUT2D eigenvalue weighted by Gasteiger charge is -2.21. The van der Waals surface area contributed by atoms with Crippen LogP contribution in [0.5, 0.6) is 0 Å². The van der Waals surface area contributed by atoms with Gasteiger partial charge in [-0.2, -0.15) is 0 Å². The van der Waals surface area contributed by atoms with Crippen LogP contribution in [0.1, 0.15) is 31.3 Å². The van der Waals surface area contributed by atoms with Gasteiger partial charge in [-0.3, -0.25) is 19.3 Å². The Kier molecular flexibility index (Phi) is 8.63. The quantitative estimate of drug-likeness (QED) is 0.308. The Hall–Kier alpha value is -4.12. The van der Waals surface area contributed by atoms with Gasteiger partial charge < -0.3 is 21.7 Å². The van der Waals surface area contributed by atoms with Gasteiger partial charge in [0.25, 0.3) is 11.8 Å². The smallest absolute Gasteiger partial charge is 0.323 e. The number of rotatable bonds is 7. The zero-order valence-corrected chi connectivity index (χ0v) is 19.4. The van der Waals surface area contributed by atoms with Crippen LogP contribution in [0, 0.1) is 0 Å². The number of nitrogens with zero attached hydrogens (tertiary/aromatic N) is 2. The number of nitrogens with two attached hydrogens (primary N) is 2. The molecule has 6 N–H and O–H groups in total. The highest BCUT2D eigenvalue weighted by Gasteiger charge is 2.20. The second-order valence-electron chi connectivity index (χ2n) is 7.37. The third kappa shape index (κ3) is 6.70. The number of amides is 2. The molecule has 0 bridgehead atoms. The van der Waals surface area contributed by atoms with E-state index in [9.17, 15) is 14.4 Å². The Bertz CT molecular complexity index is 1340. The van der Waals surface area contributed by atoms with E-state index in [1.807, 2.05) is 12.1 Å². The molecule has 0 aliphatic rings. The van der Waals surface area contributed by atoms with Crippen LogP contribution in [0.15, 0.2) is 72.8 Å². The Morgan fingerprint density at radius 1 is 0.943 bits per heavy atom. The van der Waals surface area contributed by atoms with Crippen LogP contribution in [-0.2, 0) is 17.9 Å². The highest BCUT2D eigenvalue weighted by atomic mass is 32.1. The van der Waals surface area contributed by atoms with Crippen LogP contribution < -0.4 is 16.4 Å². The van der Waals surface area contributed by atoms with Crippen LogP contribution in [0.4, 0.5) is 5.69 Å². The maximum atomic E-state index is 12.5. The summed E-state index contributed by atoms with van der Waals surface area (Å²) in [5, 5.41) is 18.2. The number of aromatic nitrogens is 1. The summed E-state index contributed by atoms with van der Waals surface area (Å²) >= 11 is 1.26. The first-order valence-corrected chi connectivity index (χ1v) is 11.3. The molecule has 0 saturated carbocycles. The number of aliphatic hydroxyl groups excluding tert-OH is 1. The van der Waals surface area contributed by atoms with Crippen LogP contribution in [0.25, 0.3) is 10.2 Å². The van der Waals surface area contributed by atoms with Crippen LogP contribution >= 0.6 is 11.3 Å². The molecule has 0 saturated heterocycles. The monoisotopic (exact) mass is 492 g/mol. The Morgan fingerprint density at radius 3 is 2.31 bits per heavy atom. The van der Waals surface area contributed by atoms with E-state index < -0.39 is 18.4 Å². The summed E-state index contributed by atoms with van der Waals surface area (Å²) in [5.74, 6) is -1.94. The number of aliphatic carboxylic acids is 1. The first-order chi connectivity index (χ1) is 16.8. The largest absolute Gasteiger partial charge is 0.480 e. The van der Waals surface area contributed by atoms with Gasteiger partial charge in [-0.25, -0.2) is 4.98 Å². The number of carboxylic acid groups (broad SMARTS) is 1. The SMILES string of the molecule is NC(=O)c1nc2cc(CO)ccc2s1.NCc1cccc(N(CC(=O)O)C(=O)c2ccccc2)c1. The maximum absolute atomic E-state index is 12.5. The number of carbonyl (C=O) groups is 3. The van der Waals surface area contributed by atoms with Gasteiger partial charge in [-0.1, -0.05) is 36.4 Å². The number of fused-ring (bicyclic) bond motifs is 1. The van der Waals surface area contributed by atoms with Gasteiger partial charge >= 0.3 is 5.97 Å². The van der Waals surface area contributed by atoms with E-state index in [1.54, 1.807) is 60.7 Å². The zero-order chi connectivity index (χ0) is 25.4. The molecule has 0 atom stereocenters. The van der Waals surface area contributed by atoms with E-state index in [1.165, 1.54) is 16.2 Å². The summed E-state index contributed by atoms with van der Waals surface area (Å²) < 4.78 is 0.899. The molecule has 0 radical (unpaired) electrons. The van der Waals surface area contributed by atoms with Crippen molar-refractivity contribution in [1.29, 1.82) is 0 Å². The number of benzene rings is 3. The number of hydrogen-bond acceptors (Lipinski definition) is 7. The third-order valence-corrected chi connectivity index (χ3v) is 5.91. The number of hydrogen-bond donors (Lipinski definition) is 4. The van der Waals surface area contributed by atoms with Gasteiger partial charge in [0.2, 0.25) is 0 Å². The predicted octanol–water partition coefficient (Wildman–Crippen LogP) is 2.76. The molecule has 35 heavy (non-hydrogen) atoms. The van der Waals surface area contributed by atoms with E-state index in [4.69, 9.17) is 21.7 Å². The van der Waals surface area contributed by atoms with Crippen LogP contribution in [0.2, 0.25) is 0 Å². The number of anilines is 1. The molecule has 4 aromatic rings. The van der Waals surface area contributed by atoms with E-state index in [0.29, 0.717) is 28.3 Å². The average molecular weight is 493 g/mol. The van der Waals surface area contributed by atoms with Crippen molar-refractivity contribution < 1.29 is 24.6 Å². The highest BCUT2D eigenvalue weighted by molar-refractivity contribution is 7.20. The number of aliphatic hydroxyl groups is 1. The Balaban J connectivity index is 0.000000211. The summed E-state index contributed by atoms with van der Waals surface area (Å²) in [5.41, 5.74) is 14.0. The zero-order valence-electron chi connectivity index (χ0n) is 18.6. The Labute approximate surface area is 205 Å². The van der Waals surface area contributed by atoms with Gasteiger partial charge in [-0.15, -0.1) is 11.3 Å². The summed E-state index contributed by atoms with van der Waals surface area (Å²) in [6.45, 7) is -0.102. The van der Waals surface area contributed by atoms with Gasteiger partial charge in [0, 0.05) is 17.8 Å². The molecule has 9 nitrogen and oxygen atoms in total. The van der Waals surface area contributed by atoms with Gasteiger partial charge in [0.15, 0.2) is 5.01 Å². The lowest BCUT2D eigenvalue weighted by Crippen LogP contribution is -2.35. The maximum Gasteiger partial charge on any atom is 0.323 e. The van der Waals surface area contributed by atoms with Crippen LogP contribution in [-0.4, -0.2) is 39.5 Å². The first kappa shape index (κ1) is 25.5. The third-order valence-electron chi connectivity index (χ3n) is 4.86. The number of primary amides is 1. The molecule has 10 heteroatoms. The molecule has 180 valence electrons. The molecular weight excluding hydrogens is 468 g/mol. The van der Waals surface area contributed by atoms with Crippen molar-refractivity contribution in [1.82, 2.24) is 4.98 Å². The predicted molar refractivity (Wildman–Crippen MR) is 134 cm³/mol. The van der Waals surface area contributed by atoms with E-state index in [0.717, 1.165) is 15.8 Å². The highest BCUT2D eigenvalue weighted by Crippen LogP contribution is 2.23.